The maximum atomic E-state index is 16.0. The number of anilines is 2. The van der Waals surface area contributed by atoms with Crippen LogP contribution in [0.15, 0.2) is 54.7 Å². The van der Waals surface area contributed by atoms with Crippen molar-refractivity contribution in [3.63, 3.8) is 0 Å². The van der Waals surface area contributed by atoms with Crippen LogP contribution in [0.5, 0.6) is 0 Å². The number of nitrogens with one attached hydrogen (secondary N) is 3. The Hall–Kier alpha value is -3.45. The maximum absolute atomic E-state index is 16.0. The van der Waals surface area contributed by atoms with E-state index >= 15 is 4.11 Å². The van der Waals surface area contributed by atoms with E-state index in [2.05, 4.69) is 26.3 Å². The number of rotatable bonds is 9. The Bertz CT molecular complexity index is 1490. The molecule has 0 saturated carbocycles. The summed E-state index contributed by atoms with van der Waals surface area (Å²) in [6.07, 6.45) is 3.43. The predicted molar refractivity (Wildman–Crippen MR) is 163 cm³/mol. The molecule has 2 aromatic carbocycles. The van der Waals surface area contributed by atoms with E-state index in [1.165, 1.54) is 0 Å². The highest BCUT2D eigenvalue weighted by molar-refractivity contribution is 6.72. The number of aryl methyl sites for hydroxylation is 1. The third-order valence-electron chi connectivity index (χ3n) is 9.30. The van der Waals surface area contributed by atoms with E-state index in [1.54, 1.807) is 42.2 Å². The van der Waals surface area contributed by atoms with Crippen LogP contribution < -0.4 is 16.0 Å². The summed E-state index contributed by atoms with van der Waals surface area (Å²) in [5, 5.41) is 27.8. The van der Waals surface area contributed by atoms with E-state index in [0.29, 0.717) is 35.6 Å². The summed E-state index contributed by atoms with van der Waals surface area (Å²) in [7, 11) is -3.31. The molecule has 1 unspecified atom stereocenters. The Labute approximate surface area is 251 Å². The van der Waals surface area contributed by atoms with E-state index in [1.807, 2.05) is 37.3 Å². The number of carbonyl (C=O) groups excluding carboxylic acids is 2. The highest BCUT2D eigenvalue weighted by Gasteiger charge is 2.65. The molecule has 6 atom stereocenters. The number of benzene rings is 2. The van der Waals surface area contributed by atoms with Gasteiger partial charge >= 0.3 is 0 Å². The highest BCUT2D eigenvalue weighted by atomic mass is 28.4. The summed E-state index contributed by atoms with van der Waals surface area (Å²) in [6.45, 7) is 6.36. The van der Waals surface area contributed by atoms with Crippen LogP contribution in [0.2, 0.25) is 18.6 Å². The van der Waals surface area contributed by atoms with Gasteiger partial charge in [-0.05, 0) is 62.7 Å². The molecule has 1 aromatic heterocycles. The SMILES string of the molecule is C[C@@H]1[C@@H]([Si](C)(C)F)[C@H](CCn2cc(C(CO)c3ccccc3)nn2)O[C@@]12C(=O)Nc1ccc(NC(=O)[C@H]3CCCN3)cc12. The van der Waals surface area contributed by atoms with Gasteiger partial charge in [-0.25, -0.2) is 0 Å². The van der Waals surface area contributed by atoms with Crippen molar-refractivity contribution in [1.82, 2.24) is 20.3 Å². The summed E-state index contributed by atoms with van der Waals surface area (Å²) in [6, 6.07) is 14.7. The molecule has 43 heavy (non-hydrogen) atoms. The molecule has 228 valence electrons. The molecule has 6 rings (SSSR count). The molecule has 1 spiro atoms. The van der Waals surface area contributed by atoms with E-state index in [0.717, 1.165) is 24.9 Å². The smallest absolute Gasteiger partial charge is 0.261 e. The zero-order valence-corrected chi connectivity index (χ0v) is 25.7. The number of aliphatic hydroxyl groups is 1. The molecule has 4 heterocycles. The molecule has 4 N–H and O–H groups in total. The fourth-order valence-corrected chi connectivity index (χ4v) is 9.79. The number of amides is 2. The lowest BCUT2D eigenvalue weighted by Gasteiger charge is -2.30. The minimum atomic E-state index is -3.31. The summed E-state index contributed by atoms with van der Waals surface area (Å²) in [5.74, 6) is -1.15. The Balaban J connectivity index is 1.24. The Kier molecular flexibility index (Phi) is 7.96. The van der Waals surface area contributed by atoms with E-state index in [-0.39, 0.29) is 30.4 Å². The monoisotopic (exact) mass is 606 g/mol. The summed E-state index contributed by atoms with van der Waals surface area (Å²) in [4.78, 5) is 26.5. The third kappa shape index (κ3) is 5.41. The number of aliphatic hydroxyl groups excluding tert-OH is 1. The van der Waals surface area contributed by atoms with Gasteiger partial charge in [-0.15, -0.1) is 5.10 Å². The minimum Gasteiger partial charge on any atom is -0.395 e. The fourth-order valence-electron chi connectivity index (χ4n) is 7.25. The third-order valence-corrected chi connectivity index (χ3v) is 11.8. The van der Waals surface area contributed by atoms with Crippen molar-refractivity contribution in [2.75, 3.05) is 23.8 Å². The normalized spacial score (nSPS) is 27.3. The van der Waals surface area contributed by atoms with Crippen LogP contribution in [-0.4, -0.2) is 65.6 Å². The van der Waals surface area contributed by atoms with Gasteiger partial charge in [-0.1, -0.05) is 42.5 Å². The van der Waals surface area contributed by atoms with Crippen molar-refractivity contribution in [3.8, 4) is 0 Å². The van der Waals surface area contributed by atoms with Crippen molar-refractivity contribution < 1.29 is 23.5 Å². The summed E-state index contributed by atoms with van der Waals surface area (Å²) >= 11 is 0. The number of carbonyl (C=O) groups is 2. The molecular formula is C31H39FN6O4Si. The topological polar surface area (TPSA) is 130 Å². The van der Waals surface area contributed by atoms with Crippen molar-refractivity contribution >= 4 is 31.6 Å². The first-order chi connectivity index (χ1) is 20.6. The Morgan fingerprint density at radius 2 is 2.07 bits per heavy atom. The highest BCUT2D eigenvalue weighted by Crippen LogP contribution is 2.59. The van der Waals surface area contributed by atoms with Gasteiger partial charge in [0.15, 0.2) is 5.60 Å². The second-order valence-electron chi connectivity index (χ2n) is 12.5. The number of ether oxygens (including phenoxy) is 1. The molecular weight excluding hydrogens is 567 g/mol. The number of halogens is 1. The van der Waals surface area contributed by atoms with Gasteiger partial charge in [-0.2, -0.15) is 0 Å². The van der Waals surface area contributed by atoms with Gasteiger partial charge in [0.25, 0.3) is 5.91 Å². The Morgan fingerprint density at radius 1 is 1.28 bits per heavy atom. The van der Waals surface area contributed by atoms with Crippen LogP contribution >= 0.6 is 0 Å². The number of nitrogens with zero attached hydrogens (tertiary/aromatic N) is 3. The average molecular weight is 607 g/mol. The molecule has 0 aliphatic carbocycles. The summed E-state index contributed by atoms with van der Waals surface area (Å²) < 4.78 is 24.4. The van der Waals surface area contributed by atoms with Gasteiger partial charge < -0.3 is 29.9 Å². The van der Waals surface area contributed by atoms with Crippen molar-refractivity contribution in [2.24, 2.45) is 5.92 Å². The number of fused-ring (bicyclic) bond motifs is 2. The number of hydrogen-bond donors (Lipinski definition) is 4. The molecule has 2 amide bonds. The first-order valence-corrected chi connectivity index (χ1v) is 18.0. The minimum absolute atomic E-state index is 0.105. The molecule has 12 heteroatoms. The molecule has 3 aliphatic rings. The lowest BCUT2D eigenvalue weighted by atomic mass is 9.82. The molecule has 10 nitrogen and oxygen atoms in total. The fraction of sp³-hybridized carbons (Fsp3) is 0.484. The largest absolute Gasteiger partial charge is 0.395 e. The molecule has 2 fully saturated rings. The molecule has 0 radical (unpaired) electrons. The first kappa shape index (κ1) is 29.6. The molecule has 3 aliphatic heterocycles. The van der Waals surface area contributed by atoms with Gasteiger partial charge in [0, 0.05) is 41.1 Å². The van der Waals surface area contributed by atoms with Gasteiger partial charge in [0.1, 0.15) is 0 Å². The quantitative estimate of drug-likeness (QED) is 0.215. The zero-order valence-electron chi connectivity index (χ0n) is 24.7. The lowest BCUT2D eigenvalue weighted by molar-refractivity contribution is -0.143. The molecule has 2 saturated heterocycles. The number of aromatic nitrogens is 3. The predicted octanol–water partition coefficient (Wildman–Crippen LogP) is 3.91. The van der Waals surface area contributed by atoms with Crippen LogP contribution in [-0.2, 0) is 26.5 Å². The van der Waals surface area contributed by atoms with Crippen LogP contribution in [0.25, 0.3) is 0 Å². The van der Waals surface area contributed by atoms with Crippen molar-refractivity contribution in [3.05, 3.63) is 71.5 Å². The zero-order chi connectivity index (χ0) is 30.4. The Morgan fingerprint density at radius 3 is 2.77 bits per heavy atom. The van der Waals surface area contributed by atoms with E-state index in [9.17, 15) is 14.7 Å². The molecule has 3 aromatic rings. The van der Waals surface area contributed by atoms with Crippen LogP contribution in [0.1, 0.15) is 48.9 Å². The van der Waals surface area contributed by atoms with Crippen molar-refractivity contribution in [2.45, 2.75) is 75.0 Å². The van der Waals surface area contributed by atoms with Gasteiger partial charge in [0.2, 0.25) is 14.3 Å². The van der Waals surface area contributed by atoms with Crippen LogP contribution in [0.4, 0.5) is 15.5 Å². The van der Waals surface area contributed by atoms with Crippen LogP contribution in [0, 0.1) is 5.92 Å². The summed E-state index contributed by atoms with van der Waals surface area (Å²) in [5.41, 5.74) is 1.59. The second-order valence-corrected chi connectivity index (χ2v) is 16.3. The standard InChI is InChI=1S/C31H39FN6O4Si/c1-19-28(43(2,3)32)27(13-15-38-17-26(36-37-38)22(18-39)20-8-5-4-6-9-20)42-31(19)23-16-21(11-12-24(23)35-30(31)41)34-29(40)25-10-7-14-33-25/h4-6,8-9,11-12,16-17,19,22,25,27-28,33,39H,7,10,13-15,18H2,1-3H3,(H,34,40)(H,35,41)/t19-,22?,25-,27+,28-,31+/m1/s1. The average Bonchev–Trinajstić information content (AvgIpc) is 3.77. The van der Waals surface area contributed by atoms with Crippen LogP contribution in [0.3, 0.4) is 0 Å². The molecule has 0 bridgehead atoms. The maximum Gasteiger partial charge on any atom is 0.261 e. The number of hydrogen-bond acceptors (Lipinski definition) is 7. The first-order valence-electron chi connectivity index (χ1n) is 15.0. The van der Waals surface area contributed by atoms with Crippen molar-refractivity contribution in [1.29, 1.82) is 0 Å². The van der Waals surface area contributed by atoms with E-state index in [4.69, 9.17) is 4.74 Å². The van der Waals surface area contributed by atoms with Gasteiger partial charge in [-0.3, -0.25) is 14.3 Å². The van der Waals surface area contributed by atoms with Gasteiger partial charge in [0.05, 0.1) is 30.4 Å². The lowest BCUT2D eigenvalue weighted by Crippen LogP contribution is -2.42. The second kappa shape index (κ2) is 11.6. The van der Waals surface area contributed by atoms with E-state index < -0.39 is 31.6 Å².